The average molecular weight is 653 g/mol. The zero-order chi connectivity index (χ0) is 33.2. The van der Waals surface area contributed by atoms with Gasteiger partial charge in [-0.15, -0.1) is 0 Å². The van der Waals surface area contributed by atoms with Crippen molar-refractivity contribution >= 4 is 12.2 Å². The van der Waals surface area contributed by atoms with Crippen molar-refractivity contribution in [3.05, 3.63) is 0 Å². The van der Waals surface area contributed by atoms with E-state index in [1.54, 1.807) is 0 Å². The highest BCUT2D eigenvalue weighted by molar-refractivity contribution is 5.68. The van der Waals surface area contributed by atoms with E-state index in [4.69, 9.17) is 23.7 Å². The quantitative estimate of drug-likeness (QED) is 0.0804. The van der Waals surface area contributed by atoms with Gasteiger partial charge < -0.3 is 65.0 Å². The van der Waals surface area contributed by atoms with E-state index in [2.05, 4.69) is 24.5 Å². The van der Waals surface area contributed by atoms with Crippen molar-refractivity contribution in [2.45, 2.75) is 146 Å². The molecule has 0 unspecified atom stereocenters. The fraction of sp³-hybridized carbons (Fsp3) is 0.933. The Balaban J connectivity index is 2.17. The van der Waals surface area contributed by atoms with Crippen LogP contribution in [0.1, 0.15) is 90.9 Å². The predicted octanol–water partition coefficient (Wildman–Crippen LogP) is 0.793. The number of carbonyl (C=O) groups excluding carboxylic acids is 2. The lowest BCUT2D eigenvalue weighted by Gasteiger charge is -2.43. The van der Waals surface area contributed by atoms with Gasteiger partial charge in [-0.3, -0.25) is 0 Å². The van der Waals surface area contributed by atoms with Gasteiger partial charge in [0.25, 0.3) is 0 Å². The number of hydrogen-bond acceptors (Lipinski definition) is 13. The molecule has 9 atom stereocenters. The first-order chi connectivity index (χ1) is 21.7. The molecule has 15 heteroatoms. The lowest BCUT2D eigenvalue weighted by molar-refractivity contribution is -0.383. The number of rotatable bonds is 21. The van der Waals surface area contributed by atoms with Crippen LogP contribution >= 0.6 is 0 Å². The van der Waals surface area contributed by atoms with Crippen molar-refractivity contribution in [3.8, 4) is 0 Å². The highest BCUT2D eigenvalue weighted by atomic mass is 16.8. The van der Waals surface area contributed by atoms with Crippen molar-refractivity contribution in [2.24, 2.45) is 0 Å². The Bertz CT molecular complexity index is 838. The molecule has 0 aromatic heterocycles. The molecule has 0 radical (unpaired) electrons. The third kappa shape index (κ3) is 12.0. The molecule has 8 N–H and O–H groups in total. The average Bonchev–Trinajstić information content (AvgIpc) is 3.31. The number of carbonyl (C=O) groups is 2. The maximum absolute atomic E-state index is 12.9. The summed E-state index contributed by atoms with van der Waals surface area (Å²) in [5.74, 6) is -2.36. The lowest BCUT2D eigenvalue weighted by Crippen LogP contribution is -2.63. The monoisotopic (exact) mass is 652 g/mol. The van der Waals surface area contributed by atoms with Gasteiger partial charge in [-0.05, 0) is 12.8 Å². The molecule has 15 nitrogen and oxygen atoms in total. The Morgan fingerprint density at radius 1 is 0.689 bits per heavy atom. The van der Waals surface area contributed by atoms with Gasteiger partial charge in [0.2, 0.25) is 5.79 Å². The summed E-state index contributed by atoms with van der Waals surface area (Å²) in [6, 6.07) is 0. The maximum atomic E-state index is 12.9. The molecule has 2 fully saturated rings. The van der Waals surface area contributed by atoms with Crippen LogP contribution < -0.4 is 10.6 Å². The number of ether oxygens (including phenoxy) is 5. The third-order valence-corrected chi connectivity index (χ3v) is 8.09. The first kappa shape index (κ1) is 39.4. The molecule has 0 aromatic carbocycles. The molecule has 0 spiro atoms. The van der Waals surface area contributed by atoms with Crippen LogP contribution in [-0.4, -0.2) is 131 Å². The number of hydrogen-bond donors (Lipinski definition) is 8. The molecule has 0 bridgehead atoms. The second-order valence-corrected chi connectivity index (χ2v) is 11.7. The number of unbranched alkanes of at least 4 members (excludes halogenated alkanes) is 10. The molecule has 2 amide bonds. The molecule has 2 heterocycles. The number of nitrogens with one attached hydrogen (secondary N) is 2. The van der Waals surface area contributed by atoms with Crippen LogP contribution in [0, 0.1) is 0 Å². The molecule has 0 saturated carbocycles. The van der Waals surface area contributed by atoms with Crippen LogP contribution in [0.25, 0.3) is 0 Å². The molecule has 0 aliphatic carbocycles. The van der Waals surface area contributed by atoms with Gasteiger partial charge in [0, 0.05) is 13.1 Å². The Labute approximate surface area is 265 Å². The van der Waals surface area contributed by atoms with Crippen molar-refractivity contribution in [2.75, 3.05) is 32.9 Å². The second-order valence-electron chi connectivity index (χ2n) is 11.7. The third-order valence-electron chi connectivity index (χ3n) is 8.09. The Morgan fingerprint density at radius 2 is 1.20 bits per heavy atom. The van der Waals surface area contributed by atoms with Gasteiger partial charge >= 0.3 is 12.2 Å². The smallest absolute Gasteiger partial charge is 0.407 e. The highest BCUT2D eigenvalue weighted by Crippen LogP contribution is 2.39. The van der Waals surface area contributed by atoms with Gasteiger partial charge in [-0.1, -0.05) is 78.1 Å². The SMILES string of the molecule is CCCCCCCCNC(=O)O[C@@H]1[C@@H](CO)O[C@@](CO)(O[C@H]2O[C@H](CO)[C@@H](O)[C@H](O)[C@H]2O)[C@H]1OC(=O)NCCCCCCCC. The largest absolute Gasteiger partial charge is 0.439 e. The van der Waals surface area contributed by atoms with Gasteiger partial charge in [0.1, 0.15) is 37.1 Å². The fourth-order valence-electron chi connectivity index (χ4n) is 5.41. The summed E-state index contributed by atoms with van der Waals surface area (Å²) in [5, 5.41) is 66.4. The molecule has 264 valence electrons. The molecular formula is C30H56N2O13. The van der Waals surface area contributed by atoms with Crippen molar-refractivity contribution in [1.82, 2.24) is 10.6 Å². The van der Waals surface area contributed by atoms with Crippen LogP contribution in [0.15, 0.2) is 0 Å². The summed E-state index contributed by atoms with van der Waals surface area (Å²) in [7, 11) is 0. The maximum Gasteiger partial charge on any atom is 0.407 e. The fourth-order valence-corrected chi connectivity index (χ4v) is 5.41. The first-order valence-corrected chi connectivity index (χ1v) is 16.4. The number of aliphatic hydroxyl groups is 6. The molecule has 2 rings (SSSR count). The van der Waals surface area contributed by atoms with E-state index in [0.29, 0.717) is 19.4 Å². The molecule has 2 saturated heterocycles. The summed E-state index contributed by atoms with van der Waals surface area (Å²) < 4.78 is 28.1. The van der Waals surface area contributed by atoms with Crippen molar-refractivity contribution < 1.29 is 63.9 Å². The summed E-state index contributed by atoms with van der Waals surface area (Å²) in [6.45, 7) is 2.32. The Hall–Kier alpha value is -1.82. The molecule has 2 aliphatic rings. The van der Waals surface area contributed by atoms with Gasteiger partial charge in [-0.25, -0.2) is 9.59 Å². The van der Waals surface area contributed by atoms with Crippen LogP contribution in [0.2, 0.25) is 0 Å². The van der Waals surface area contributed by atoms with Crippen molar-refractivity contribution in [1.29, 1.82) is 0 Å². The van der Waals surface area contributed by atoms with E-state index in [9.17, 15) is 40.2 Å². The van der Waals surface area contributed by atoms with E-state index in [0.717, 1.165) is 64.2 Å². The summed E-state index contributed by atoms with van der Waals surface area (Å²) in [5.41, 5.74) is 0. The number of alkyl carbamates (subject to hydrolysis) is 2. The lowest BCUT2D eigenvalue weighted by atomic mass is 9.99. The van der Waals surface area contributed by atoms with E-state index < -0.39 is 86.8 Å². The van der Waals surface area contributed by atoms with Crippen LogP contribution in [0.3, 0.4) is 0 Å². The van der Waals surface area contributed by atoms with Gasteiger partial charge in [-0.2, -0.15) is 0 Å². The zero-order valence-corrected chi connectivity index (χ0v) is 26.7. The van der Waals surface area contributed by atoms with E-state index >= 15 is 0 Å². The molecular weight excluding hydrogens is 596 g/mol. The predicted molar refractivity (Wildman–Crippen MR) is 160 cm³/mol. The Morgan fingerprint density at radius 3 is 1.71 bits per heavy atom. The first-order valence-electron chi connectivity index (χ1n) is 16.4. The van der Waals surface area contributed by atoms with Gasteiger partial charge in [0.05, 0.1) is 13.2 Å². The minimum atomic E-state index is -2.36. The highest BCUT2D eigenvalue weighted by Gasteiger charge is 2.62. The van der Waals surface area contributed by atoms with Crippen molar-refractivity contribution in [3.63, 3.8) is 0 Å². The second kappa shape index (κ2) is 21.1. The molecule has 0 aromatic rings. The normalized spacial score (nSPS) is 31.5. The summed E-state index contributed by atoms with van der Waals surface area (Å²) in [4.78, 5) is 25.7. The van der Waals surface area contributed by atoms with E-state index in [1.165, 1.54) is 0 Å². The topological polar surface area (TPSA) is 226 Å². The number of amides is 2. The van der Waals surface area contributed by atoms with E-state index in [-0.39, 0.29) is 6.54 Å². The molecule has 2 aliphatic heterocycles. The standard InChI is InChI=1S/C30H56N2O13/c1-3-5-7-9-11-13-15-31-28(39)42-25-21(18-34)44-30(19-35,45-27-24(38)23(37)22(36)20(17-33)41-27)26(25)43-29(40)32-16-14-12-10-8-6-4-2/h20-27,33-38H,3-19H2,1-2H3,(H,31,39)(H,32,40)/t20-,21-,22-,23+,24-,25-,26+,27-,30+/m1/s1. The zero-order valence-electron chi connectivity index (χ0n) is 26.7. The minimum Gasteiger partial charge on any atom is -0.439 e. The van der Waals surface area contributed by atoms with E-state index in [1.807, 2.05) is 0 Å². The summed E-state index contributed by atoms with van der Waals surface area (Å²) >= 11 is 0. The van der Waals surface area contributed by atoms with Crippen LogP contribution in [0.5, 0.6) is 0 Å². The number of aliphatic hydroxyl groups excluding tert-OH is 6. The Kier molecular flexibility index (Phi) is 18.5. The van der Waals surface area contributed by atoms with Gasteiger partial charge in [0.15, 0.2) is 18.5 Å². The minimum absolute atomic E-state index is 0.284. The molecule has 45 heavy (non-hydrogen) atoms. The van der Waals surface area contributed by atoms with Crippen LogP contribution in [-0.2, 0) is 23.7 Å². The summed E-state index contributed by atoms with van der Waals surface area (Å²) in [6.07, 6.45) is -2.88. The van der Waals surface area contributed by atoms with Crippen LogP contribution in [0.4, 0.5) is 9.59 Å².